The van der Waals surface area contributed by atoms with E-state index in [2.05, 4.69) is 78.3 Å². The zero-order valence-corrected chi connectivity index (χ0v) is 38.2. The average molecular weight is 805 g/mol. The number of piperidine rings is 2. The van der Waals surface area contributed by atoms with Crippen molar-refractivity contribution in [3.8, 4) is 0 Å². The molecule has 2 N–H and O–H groups in total. The summed E-state index contributed by atoms with van der Waals surface area (Å²) in [6, 6.07) is 0. The first-order valence-electron chi connectivity index (χ1n) is 22.8. The van der Waals surface area contributed by atoms with Crippen LogP contribution in [-0.4, -0.2) is 69.7 Å². The molecule has 2 aliphatic heterocycles. The van der Waals surface area contributed by atoms with Gasteiger partial charge in [-0.25, -0.2) is 0 Å². The highest BCUT2D eigenvalue weighted by atomic mass is 16.4. The molecular weight excluding hydrogens is 725 g/mol. The zero-order chi connectivity index (χ0) is 43.4. The second kappa shape index (κ2) is 18.6. The maximum atomic E-state index is 15.2. The molecule has 0 aromatic rings. The van der Waals surface area contributed by atoms with E-state index in [4.69, 9.17) is 0 Å². The highest BCUT2D eigenvalue weighted by molar-refractivity contribution is 5.94. The smallest absolute Gasteiger partial charge is 0.310 e. The number of carbonyl (C=O) groups is 4. The van der Waals surface area contributed by atoms with E-state index in [1.54, 1.807) is 0 Å². The van der Waals surface area contributed by atoms with E-state index in [0.29, 0.717) is 32.1 Å². The predicted octanol–water partition coefficient (Wildman–Crippen LogP) is 11.3. The minimum atomic E-state index is -1.27. The van der Waals surface area contributed by atoms with Gasteiger partial charge < -0.3 is 20.0 Å². The molecule has 4 aliphatic rings. The van der Waals surface area contributed by atoms with E-state index < -0.39 is 50.8 Å². The van der Waals surface area contributed by atoms with Crippen molar-refractivity contribution >= 4 is 23.5 Å². The number of nitrogens with zero attached hydrogens (tertiary/aromatic N) is 2. The number of allylic oxidation sites excluding steroid dienone is 6. The van der Waals surface area contributed by atoms with Crippen LogP contribution >= 0.6 is 0 Å². The van der Waals surface area contributed by atoms with Crippen LogP contribution in [0.3, 0.4) is 0 Å². The van der Waals surface area contributed by atoms with Crippen LogP contribution in [0, 0.1) is 50.7 Å². The molecule has 0 radical (unpaired) electrons. The summed E-state index contributed by atoms with van der Waals surface area (Å²) in [5.41, 5.74) is 0.898. The third-order valence-electron chi connectivity index (χ3n) is 15.3. The second-order valence-corrected chi connectivity index (χ2v) is 21.1. The number of hydrogen-bond donors (Lipinski definition) is 2. The first kappa shape index (κ1) is 47.5. The van der Waals surface area contributed by atoms with E-state index in [1.807, 2.05) is 13.8 Å². The third kappa shape index (κ3) is 9.26. The topological polar surface area (TPSA) is 115 Å². The lowest BCUT2D eigenvalue weighted by Crippen LogP contribution is -2.65. The molecule has 0 aromatic carbocycles. The van der Waals surface area contributed by atoms with Gasteiger partial charge in [0.2, 0.25) is 0 Å². The minimum absolute atomic E-state index is 0.0372. The van der Waals surface area contributed by atoms with Gasteiger partial charge in [0, 0.05) is 55.8 Å². The highest BCUT2D eigenvalue weighted by Crippen LogP contribution is 2.72. The Morgan fingerprint density at radius 2 is 1.00 bits per heavy atom. The molecule has 0 amide bonds. The van der Waals surface area contributed by atoms with Crippen LogP contribution in [0.4, 0.5) is 0 Å². The molecule has 4 atom stereocenters. The van der Waals surface area contributed by atoms with Crippen molar-refractivity contribution < 1.29 is 29.4 Å². The number of carboxylic acid groups (broad SMARTS) is 2. The summed E-state index contributed by atoms with van der Waals surface area (Å²) < 4.78 is 0. The SMILES string of the molecule is C=CC(=O)C(C)C1=C(N2CCCCC2)CC(C)(C)C(C(CCCCCCCC(=O)O)(C(=O)O)C2C(C)(C)CC(N3CCCCC3)=C(C(C)C(=O)C=C)C2(C)C)C1(C)C. The van der Waals surface area contributed by atoms with E-state index in [1.165, 1.54) is 36.4 Å². The summed E-state index contributed by atoms with van der Waals surface area (Å²) in [5, 5.41) is 21.7. The molecule has 0 spiro atoms. The quantitative estimate of drug-likeness (QED) is 0.0980. The van der Waals surface area contributed by atoms with Gasteiger partial charge in [0.1, 0.15) is 0 Å². The molecule has 2 saturated heterocycles. The summed E-state index contributed by atoms with van der Waals surface area (Å²) in [7, 11) is 0. The van der Waals surface area contributed by atoms with Gasteiger partial charge in [0.15, 0.2) is 11.6 Å². The molecule has 326 valence electrons. The Bertz CT molecular complexity index is 1520. The molecule has 2 aliphatic carbocycles. The van der Waals surface area contributed by atoms with E-state index in [9.17, 15) is 24.6 Å². The normalized spacial score (nSPS) is 26.3. The first-order valence-corrected chi connectivity index (χ1v) is 22.8. The van der Waals surface area contributed by atoms with E-state index in [-0.39, 0.29) is 29.8 Å². The zero-order valence-electron chi connectivity index (χ0n) is 38.2. The number of carbonyl (C=O) groups excluding carboxylic acids is 2. The van der Waals surface area contributed by atoms with Gasteiger partial charge in [-0.3, -0.25) is 19.2 Å². The molecule has 4 rings (SSSR count). The fraction of sp³-hybridized carbons (Fsp3) is 0.760. The lowest BCUT2D eigenvalue weighted by molar-refractivity contribution is -0.194. The predicted molar refractivity (Wildman–Crippen MR) is 235 cm³/mol. The molecule has 4 unspecified atom stereocenters. The highest BCUT2D eigenvalue weighted by Gasteiger charge is 2.70. The van der Waals surface area contributed by atoms with Gasteiger partial charge in [-0.1, -0.05) is 108 Å². The van der Waals surface area contributed by atoms with Gasteiger partial charge in [0.05, 0.1) is 5.41 Å². The van der Waals surface area contributed by atoms with Crippen molar-refractivity contribution in [3.63, 3.8) is 0 Å². The van der Waals surface area contributed by atoms with E-state index >= 15 is 4.79 Å². The number of ketones is 2. The standard InChI is InChI=1S/C50H80N2O6/c1-13-38(53)34(3)41-36(51-28-22-18-23-29-51)32-46(5,6)43(48(41,9)10)50(45(57)58,27-21-17-15-16-20-26-40(55)56)44-47(7,8)33-37(52-30-24-19-25-31-52)42(49(44,11)12)35(4)39(54)14-2/h13-14,34-35,43-44H,1-2,15-33H2,3-12H3,(H,55,56)(H,57,58). The van der Waals surface area contributed by atoms with Crippen molar-refractivity contribution in [1.82, 2.24) is 9.80 Å². The van der Waals surface area contributed by atoms with Crippen molar-refractivity contribution in [1.29, 1.82) is 0 Å². The summed E-state index contributed by atoms with van der Waals surface area (Å²) in [5.74, 6) is -3.33. The molecule has 8 heteroatoms. The molecular formula is C50H80N2O6. The van der Waals surface area contributed by atoms with Gasteiger partial charge in [0.25, 0.3) is 0 Å². The molecule has 58 heavy (non-hydrogen) atoms. The van der Waals surface area contributed by atoms with E-state index in [0.717, 1.165) is 82.3 Å². The fourth-order valence-corrected chi connectivity index (χ4v) is 14.1. The van der Waals surface area contributed by atoms with Crippen LogP contribution in [-0.2, 0) is 19.2 Å². The number of hydrogen-bond acceptors (Lipinski definition) is 6. The molecule has 0 saturated carbocycles. The Morgan fingerprint density at radius 3 is 1.34 bits per heavy atom. The Balaban J connectivity index is 2.07. The molecule has 2 heterocycles. The van der Waals surface area contributed by atoms with Crippen LogP contribution in [0.25, 0.3) is 0 Å². The lowest BCUT2D eigenvalue weighted by atomic mass is 9.37. The number of aliphatic carboxylic acids is 2. The maximum absolute atomic E-state index is 15.2. The number of rotatable bonds is 19. The van der Waals surface area contributed by atoms with Gasteiger partial charge >= 0.3 is 11.9 Å². The maximum Gasteiger partial charge on any atom is 0.310 e. The molecule has 0 aromatic heterocycles. The summed E-state index contributed by atoms with van der Waals surface area (Å²) in [6.07, 6.45) is 15.3. The van der Waals surface area contributed by atoms with Crippen molar-refractivity contribution in [2.24, 2.45) is 50.7 Å². The lowest BCUT2D eigenvalue weighted by Gasteiger charge is -2.67. The minimum Gasteiger partial charge on any atom is -0.481 e. The van der Waals surface area contributed by atoms with Crippen LogP contribution in [0.1, 0.15) is 166 Å². The fourth-order valence-electron chi connectivity index (χ4n) is 14.1. The number of carboxylic acids is 2. The monoisotopic (exact) mass is 805 g/mol. The summed E-state index contributed by atoms with van der Waals surface area (Å²) >= 11 is 0. The van der Waals surface area contributed by atoms with Crippen LogP contribution in [0.5, 0.6) is 0 Å². The Labute approximate surface area is 352 Å². The van der Waals surface area contributed by atoms with Gasteiger partial charge in [-0.05, 0) is 121 Å². The Morgan fingerprint density at radius 1 is 0.638 bits per heavy atom. The van der Waals surface area contributed by atoms with Crippen LogP contribution in [0.15, 0.2) is 47.9 Å². The van der Waals surface area contributed by atoms with Gasteiger partial charge in [-0.2, -0.15) is 0 Å². The van der Waals surface area contributed by atoms with Crippen LogP contribution < -0.4 is 0 Å². The average Bonchev–Trinajstić information content (AvgIpc) is 3.15. The molecule has 0 bridgehead atoms. The number of unbranched alkanes of at least 4 members (excludes halogenated alkanes) is 4. The van der Waals surface area contributed by atoms with Crippen LogP contribution in [0.2, 0.25) is 0 Å². The summed E-state index contributed by atoms with van der Waals surface area (Å²) in [6.45, 7) is 33.6. The second-order valence-electron chi connectivity index (χ2n) is 21.1. The van der Waals surface area contributed by atoms with Crippen molar-refractivity contribution in [2.75, 3.05) is 26.2 Å². The third-order valence-corrected chi connectivity index (χ3v) is 15.3. The Kier molecular flexibility index (Phi) is 15.3. The van der Waals surface area contributed by atoms with Crippen molar-refractivity contribution in [3.05, 3.63) is 47.9 Å². The molecule has 8 nitrogen and oxygen atoms in total. The number of likely N-dealkylation sites (tertiary alicyclic amines) is 2. The first-order chi connectivity index (χ1) is 27.0. The van der Waals surface area contributed by atoms with Crippen molar-refractivity contribution in [2.45, 2.75) is 166 Å². The molecule has 2 fully saturated rings. The Hall–Kier alpha value is -3.16. The van der Waals surface area contributed by atoms with Gasteiger partial charge in [-0.15, -0.1) is 0 Å². The largest absolute Gasteiger partial charge is 0.481 e. The summed E-state index contributed by atoms with van der Waals surface area (Å²) in [4.78, 5) is 59.2.